The van der Waals surface area contributed by atoms with Gasteiger partial charge in [-0.2, -0.15) is 52.7 Å². The van der Waals surface area contributed by atoms with Gasteiger partial charge in [0.2, 0.25) is 5.91 Å². The predicted octanol–water partition coefficient (Wildman–Crippen LogP) is 9.26. The highest BCUT2D eigenvalue weighted by Gasteiger charge is 2.42. The average molecular weight is 660 g/mol. The van der Waals surface area contributed by atoms with E-state index >= 15 is 0 Å². The maximum atomic E-state index is 15.0. The summed E-state index contributed by atoms with van der Waals surface area (Å²) in [7, 11) is 0.754. The van der Waals surface area contributed by atoms with E-state index in [-0.39, 0.29) is 23.1 Å². The maximum absolute atomic E-state index is 15.0. The third kappa shape index (κ3) is 9.60. The number of nitrogens with zero attached hydrogens (tertiary/aromatic N) is 1. The number of allylic oxidation sites excluding steroid dienone is 1. The zero-order valence-electron chi connectivity index (χ0n) is 21.7. The van der Waals surface area contributed by atoms with Crippen LogP contribution < -0.4 is 0 Å². The minimum Gasteiger partial charge on any atom is -0.336 e. The molecule has 0 radical (unpaired) electrons. The van der Waals surface area contributed by atoms with E-state index in [0.29, 0.717) is 24.3 Å². The normalized spacial score (nSPS) is 14.8. The van der Waals surface area contributed by atoms with Crippen LogP contribution in [0.15, 0.2) is 42.5 Å². The summed E-state index contributed by atoms with van der Waals surface area (Å²) in [5, 5.41) is -0.959. The summed E-state index contributed by atoms with van der Waals surface area (Å²) in [5.41, 5.74) is -6.92. The van der Waals surface area contributed by atoms with Gasteiger partial charge >= 0.3 is 24.7 Å². The van der Waals surface area contributed by atoms with Crippen molar-refractivity contribution in [3.05, 3.63) is 75.3 Å². The maximum Gasteiger partial charge on any atom is 0.417 e. The molecule has 0 saturated heterocycles. The molecule has 0 N–H and O–H groups in total. The second kappa shape index (κ2) is 12.7. The summed E-state index contributed by atoms with van der Waals surface area (Å²) in [6.45, 7) is -0.722. The van der Waals surface area contributed by atoms with Crippen molar-refractivity contribution in [1.29, 1.82) is 0 Å². The van der Waals surface area contributed by atoms with E-state index in [0.717, 1.165) is 14.0 Å². The smallest absolute Gasteiger partial charge is 0.336 e. The van der Waals surface area contributed by atoms with E-state index in [9.17, 15) is 66.7 Å². The van der Waals surface area contributed by atoms with Crippen molar-refractivity contribution < 1.29 is 66.7 Å². The molecular formula is C26H19ClF13NO2. The largest absolute Gasteiger partial charge is 0.417 e. The summed E-state index contributed by atoms with van der Waals surface area (Å²) < 4.78 is 175. The predicted molar refractivity (Wildman–Crippen MR) is 128 cm³/mol. The number of benzene rings is 2. The molecule has 0 bridgehead atoms. The summed E-state index contributed by atoms with van der Waals surface area (Å²) in [6, 6.07) is 1.90. The van der Waals surface area contributed by atoms with Crippen molar-refractivity contribution >= 4 is 29.1 Å². The third-order valence-electron chi connectivity index (χ3n) is 5.93. The number of amides is 1. The number of halogens is 14. The fourth-order valence-electron chi connectivity index (χ4n) is 3.94. The lowest BCUT2D eigenvalue weighted by Gasteiger charge is -2.22. The first-order chi connectivity index (χ1) is 19.3. The molecule has 1 unspecified atom stereocenters. The molecule has 43 heavy (non-hydrogen) atoms. The van der Waals surface area contributed by atoms with E-state index in [1.54, 1.807) is 0 Å². The quantitative estimate of drug-likeness (QED) is 0.209. The van der Waals surface area contributed by atoms with E-state index in [4.69, 9.17) is 11.6 Å². The second-order valence-electron chi connectivity index (χ2n) is 9.37. The minimum absolute atomic E-state index is 0.0157. The van der Waals surface area contributed by atoms with Crippen LogP contribution in [0.4, 0.5) is 57.1 Å². The van der Waals surface area contributed by atoms with Gasteiger partial charge in [-0.1, -0.05) is 36.7 Å². The van der Waals surface area contributed by atoms with Crippen LogP contribution in [0, 0.1) is 5.92 Å². The van der Waals surface area contributed by atoms with Gasteiger partial charge in [0.1, 0.15) is 18.3 Å². The number of hydrogen-bond donors (Lipinski definition) is 0. The Balaban J connectivity index is 2.50. The molecule has 2 aromatic carbocycles. The van der Waals surface area contributed by atoms with Gasteiger partial charge < -0.3 is 4.90 Å². The standard InChI is InChI=1S/C26H19ClF13NO2/c1-12(22(43)41(2)11-23(29,30)31)7-21(42)15-5-3-14(9-17(15)25(35,36)37)20(28)10-16(24(32,33)34)13-4-6-19(27)18(8-13)26(38,39)40/h3-6,8-10,12,16H,7,11H2,1-2H3/b20-10-/t12-,16?/m0/s1. The molecular weight excluding hydrogens is 641 g/mol. The molecule has 0 saturated carbocycles. The van der Waals surface area contributed by atoms with Gasteiger partial charge in [0.05, 0.1) is 16.1 Å². The van der Waals surface area contributed by atoms with E-state index in [2.05, 4.69) is 0 Å². The first-order valence-corrected chi connectivity index (χ1v) is 12.1. The SMILES string of the molecule is C[C@@H](CC(=O)c1ccc(/C(F)=C/C(c2ccc(Cl)c(C(F)(F)F)c2)C(F)(F)F)cc1C(F)(F)F)C(=O)N(C)CC(F)(F)F. The minimum atomic E-state index is -5.42. The van der Waals surface area contributed by atoms with E-state index in [1.807, 2.05) is 0 Å². The molecule has 0 aliphatic carbocycles. The number of hydrogen-bond acceptors (Lipinski definition) is 2. The number of alkyl halides is 12. The average Bonchev–Trinajstić information content (AvgIpc) is 2.83. The van der Waals surface area contributed by atoms with Crippen LogP contribution in [0.2, 0.25) is 5.02 Å². The Morgan fingerprint density at radius 2 is 1.42 bits per heavy atom. The molecule has 0 aliphatic heterocycles. The molecule has 238 valence electrons. The van der Waals surface area contributed by atoms with Crippen LogP contribution >= 0.6 is 11.6 Å². The van der Waals surface area contributed by atoms with Gasteiger partial charge in [0, 0.05) is 30.5 Å². The Hall–Kier alpha value is -3.30. The first kappa shape index (κ1) is 35.9. The number of carbonyl (C=O) groups excluding carboxylic acids is 2. The third-order valence-corrected chi connectivity index (χ3v) is 6.26. The molecule has 0 aromatic heterocycles. The summed E-state index contributed by atoms with van der Waals surface area (Å²) in [6.07, 6.45) is -22.1. The highest BCUT2D eigenvalue weighted by Crippen LogP contribution is 2.43. The summed E-state index contributed by atoms with van der Waals surface area (Å²) in [4.78, 5) is 24.9. The van der Waals surface area contributed by atoms with Gasteiger partial charge in [-0.3, -0.25) is 9.59 Å². The highest BCUT2D eigenvalue weighted by molar-refractivity contribution is 6.31. The van der Waals surface area contributed by atoms with Crippen molar-refractivity contribution in [2.75, 3.05) is 13.6 Å². The highest BCUT2D eigenvalue weighted by atomic mass is 35.5. The molecule has 0 fully saturated rings. The first-order valence-electron chi connectivity index (χ1n) is 11.7. The summed E-state index contributed by atoms with van der Waals surface area (Å²) in [5.74, 6) is -9.14. The fraction of sp³-hybridized carbons (Fsp3) is 0.385. The zero-order valence-corrected chi connectivity index (χ0v) is 22.4. The van der Waals surface area contributed by atoms with Crippen LogP contribution in [-0.2, 0) is 17.1 Å². The van der Waals surface area contributed by atoms with Crippen LogP contribution in [0.25, 0.3) is 5.83 Å². The van der Waals surface area contributed by atoms with Crippen molar-refractivity contribution in [2.24, 2.45) is 5.92 Å². The number of carbonyl (C=O) groups is 2. The zero-order chi connectivity index (χ0) is 33.3. The van der Waals surface area contributed by atoms with Gasteiger partial charge in [0.15, 0.2) is 5.78 Å². The van der Waals surface area contributed by atoms with Crippen molar-refractivity contribution in [1.82, 2.24) is 4.90 Å². The monoisotopic (exact) mass is 659 g/mol. The Morgan fingerprint density at radius 1 is 0.860 bits per heavy atom. The lowest BCUT2D eigenvalue weighted by molar-refractivity contribution is -0.160. The molecule has 0 spiro atoms. The number of rotatable bonds is 8. The molecule has 3 nitrogen and oxygen atoms in total. The molecule has 0 aliphatic rings. The van der Waals surface area contributed by atoms with Gasteiger partial charge in [0.25, 0.3) is 0 Å². The van der Waals surface area contributed by atoms with Crippen LogP contribution in [0.3, 0.4) is 0 Å². The fourth-order valence-corrected chi connectivity index (χ4v) is 4.17. The summed E-state index contributed by atoms with van der Waals surface area (Å²) >= 11 is 5.40. The second-order valence-corrected chi connectivity index (χ2v) is 9.77. The lowest BCUT2D eigenvalue weighted by atomic mass is 9.92. The number of Topliss-reactive ketones (excluding diaryl/α,β-unsaturated/α-hetero) is 1. The van der Waals surface area contributed by atoms with Crippen LogP contribution in [0.1, 0.15) is 51.9 Å². The Bertz CT molecular complexity index is 1380. The van der Waals surface area contributed by atoms with Crippen molar-refractivity contribution in [2.45, 2.75) is 44.0 Å². The molecule has 1 amide bonds. The van der Waals surface area contributed by atoms with Crippen molar-refractivity contribution in [3.63, 3.8) is 0 Å². The van der Waals surface area contributed by atoms with Gasteiger partial charge in [-0.15, -0.1) is 0 Å². The molecule has 0 heterocycles. The Labute approximate surface area is 239 Å². The Kier molecular flexibility index (Phi) is 10.6. The van der Waals surface area contributed by atoms with Crippen molar-refractivity contribution in [3.8, 4) is 0 Å². The Morgan fingerprint density at radius 3 is 1.91 bits per heavy atom. The van der Waals surface area contributed by atoms with Gasteiger partial charge in [-0.25, -0.2) is 4.39 Å². The molecule has 2 rings (SSSR count). The topological polar surface area (TPSA) is 37.4 Å². The lowest BCUT2D eigenvalue weighted by Crippen LogP contribution is -2.39. The molecule has 17 heteroatoms. The number of ketones is 1. The van der Waals surface area contributed by atoms with Gasteiger partial charge in [-0.05, 0) is 29.8 Å². The molecule has 2 atom stereocenters. The van der Waals surface area contributed by atoms with Crippen LogP contribution in [0.5, 0.6) is 0 Å². The molecule has 2 aromatic rings. The van der Waals surface area contributed by atoms with Crippen LogP contribution in [-0.4, -0.2) is 42.5 Å². The van der Waals surface area contributed by atoms with E-state index < -0.39 is 99.9 Å². The van der Waals surface area contributed by atoms with E-state index in [1.165, 1.54) is 0 Å².